The molecule has 0 radical (unpaired) electrons. The van der Waals surface area contributed by atoms with Gasteiger partial charge in [-0.25, -0.2) is 9.97 Å². The Morgan fingerprint density at radius 2 is 1.88 bits per heavy atom. The van der Waals surface area contributed by atoms with Crippen molar-refractivity contribution in [2.24, 2.45) is 0 Å². The quantitative estimate of drug-likeness (QED) is 0.850. The minimum absolute atomic E-state index is 0.0622. The first kappa shape index (κ1) is 17.2. The van der Waals surface area contributed by atoms with Crippen molar-refractivity contribution in [3.63, 3.8) is 0 Å². The topological polar surface area (TPSA) is 55.3 Å². The molecule has 0 N–H and O–H groups in total. The van der Waals surface area contributed by atoms with Gasteiger partial charge in [0.05, 0.1) is 18.5 Å². The Morgan fingerprint density at radius 3 is 2.52 bits per heavy atom. The van der Waals surface area contributed by atoms with Gasteiger partial charge in [-0.1, -0.05) is 12.1 Å². The van der Waals surface area contributed by atoms with E-state index in [4.69, 9.17) is 4.74 Å². The fourth-order valence-electron chi connectivity index (χ4n) is 2.64. The van der Waals surface area contributed by atoms with E-state index in [0.29, 0.717) is 25.1 Å². The minimum atomic E-state index is -4.37. The number of ether oxygens (including phenoxy) is 1. The zero-order valence-corrected chi connectivity index (χ0v) is 13.2. The number of alkyl halides is 3. The van der Waals surface area contributed by atoms with E-state index >= 15 is 0 Å². The highest BCUT2D eigenvalue weighted by Crippen LogP contribution is 2.29. The van der Waals surface area contributed by atoms with E-state index in [1.54, 1.807) is 23.4 Å². The van der Waals surface area contributed by atoms with Crippen LogP contribution in [0.2, 0.25) is 0 Å². The molecule has 3 rings (SSSR count). The lowest BCUT2D eigenvalue weighted by Gasteiger charge is -2.17. The number of rotatable bonds is 4. The number of likely N-dealkylation sites (tertiary alicyclic amines) is 1. The van der Waals surface area contributed by atoms with E-state index in [1.807, 2.05) is 0 Å². The van der Waals surface area contributed by atoms with Crippen molar-refractivity contribution in [1.29, 1.82) is 0 Å². The fourth-order valence-corrected chi connectivity index (χ4v) is 2.64. The van der Waals surface area contributed by atoms with Gasteiger partial charge in [-0.2, -0.15) is 13.2 Å². The fraction of sp³-hybridized carbons (Fsp3) is 0.353. The number of hydrogen-bond donors (Lipinski definition) is 0. The van der Waals surface area contributed by atoms with Crippen LogP contribution in [0.15, 0.2) is 42.7 Å². The molecule has 0 aliphatic carbocycles. The molecule has 1 atom stereocenters. The predicted octanol–water partition coefficient (Wildman–Crippen LogP) is 2.72. The van der Waals surface area contributed by atoms with Crippen molar-refractivity contribution in [3.8, 4) is 6.01 Å². The summed E-state index contributed by atoms with van der Waals surface area (Å²) in [6.45, 7) is 0.953. The Morgan fingerprint density at radius 1 is 1.20 bits per heavy atom. The van der Waals surface area contributed by atoms with E-state index in [1.165, 1.54) is 12.1 Å². The van der Waals surface area contributed by atoms with Crippen molar-refractivity contribution in [1.82, 2.24) is 14.9 Å². The van der Waals surface area contributed by atoms with Crippen LogP contribution in [0.5, 0.6) is 6.01 Å². The summed E-state index contributed by atoms with van der Waals surface area (Å²) in [5, 5.41) is 0. The second-order valence-corrected chi connectivity index (χ2v) is 5.77. The maximum atomic E-state index is 12.6. The number of carbonyl (C=O) groups excluding carboxylic acids is 1. The smallest absolute Gasteiger partial charge is 0.416 e. The van der Waals surface area contributed by atoms with Crippen molar-refractivity contribution in [3.05, 3.63) is 53.9 Å². The average Bonchev–Trinajstić information content (AvgIpc) is 3.04. The molecular weight excluding hydrogens is 335 g/mol. The highest BCUT2D eigenvalue weighted by Gasteiger charge is 2.31. The molecule has 0 saturated carbocycles. The summed E-state index contributed by atoms with van der Waals surface area (Å²) >= 11 is 0. The van der Waals surface area contributed by atoms with Gasteiger partial charge in [-0.3, -0.25) is 4.79 Å². The monoisotopic (exact) mass is 351 g/mol. The lowest BCUT2D eigenvalue weighted by molar-refractivity contribution is -0.137. The number of benzene rings is 1. The first-order valence-electron chi connectivity index (χ1n) is 7.79. The highest BCUT2D eigenvalue weighted by molar-refractivity contribution is 5.79. The zero-order chi connectivity index (χ0) is 17.9. The van der Waals surface area contributed by atoms with Gasteiger partial charge in [0, 0.05) is 25.4 Å². The van der Waals surface area contributed by atoms with E-state index < -0.39 is 11.7 Å². The lowest BCUT2D eigenvalue weighted by atomic mass is 10.1. The summed E-state index contributed by atoms with van der Waals surface area (Å²) in [5.41, 5.74) is -0.171. The van der Waals surface area contributed by atoms with Crippen LogP contribution in [0.1, 0.15) is 17.5 Å². The molecule has 2 heterocycles. The van der Waals surface area contributed by atoms with Gasteiger partial charge in [-0.15, -0.1) is 0 Å². The van der Waals surface area contributed by atoms with Crippen molar-refractivity contribution >= 4 is 5.91 Å². The first-order valence-corrected chi connectivity index (χ1v) is 7.79. The van der Waals surface area contributed by atoms with Crippen LogP contribution < -0.4 is 4.74 Å². The summed E-state index contributed by atoms with van der Waals surface area (Å²) in [4.78, 5) is 21.9. The molecule has 1 aromatic carbocycles. The summed E-state index contributed by atoms with van der Waals surface area (Å²) < 4.78 is 43.3. The molecule has 132 valence electrons. The molecular formula is C17H16F3N3O2. The molecule has 1 amide bonds. The number of aromatic nitrogens is 2. The third kappa shape index (κ3) is 4.46. The maximum absolute atomic E-state index is 12.6. The van der Waals surface area contributed by atoms with Crippen LogP contribution in [0.25, 0.3) is 0 Å². The van der Waals surface area contributed by atoms with Crippen LogP contribution in [0.4, 0.5) is 13.2 Å². The first-order chi connectivity index (χ1) is 11.9. The second kappa shape index (κ2) is 7.08. The molecule has 0 bridgehead atoms. The second-order valence-electron chi connectivity index (χ2n) is 5.77. The average molecular weight is 351 g/mol. The Bertz CT molecular complexity index is 720. The summed E-state index contributed by atoms with van der Waals surface area (Å²) in [5.74, 6) is -0.139. The van der Waals surface area contributed by atoms with Crippen molar-refractivity contribution < 1.29 is 22.7 Å². The van der Waals surface area contributed by atoms with Crippen molar-refractivity contribution in [2.75, 3.05) is 13.1 Å². The van der Waals surface area contributed by atoms with E-state index in [9.17, 15) is 18.0 Å². The third-order valence-corrected chi connectivity index (χ3v) is 3.95. The highest BCUT2D eigenvalue weighted by atomic mass is 19.4. The summed E-state index contributed by atoms with van der Waals surface area (Å²) in [6, 6.07) is 6.60. The Hall–Kier alpha value is -2.64. The molecule has 25 heavy (non-hydrogen) atoms. The molecule has 0 unspecified atom stereocenters. The molecule has 5 nitrogen and oxygen atoms in total. The Balaban J connectivity index is 1.54. The predicted molar refractivity (Wildman–Crippen MR) is 82.8 cm³/mol. The zero-order valence-electron chi connectivity index (χ0n) is 13.2. The molecule has 8 heteroatoms. The molecule has 1 aliphatic rings. The van der Waals surface area contributed by atoms with Gasteiger partial charge < -0.3 is 9.64 Å². The van der Waals surface area contributed by atoms with E-state index in [-0.39, 0.29) is 24.4 Å². The number of hydrogen-bond acceptors (Lipinski definition) is 4. The van der Waals surface area contributed by atoms with Gasteiger partial charge in [0.15, 0.2) is 0 Å². The van der Waals surface area contributed by atoms with E-state index in [0.717, 1.165) is 12.1 Å². The van der Waals surface area contributed by atoms with Crippen LogP contribution >= 0.6 is 0 Å². The summed E-state index contributed by atoms with van der Waals surface area (Å²) in [6.07, 6.45) is -0.681. The van der Waals surface area contributed by atoms with Crippen LogP contribution in [0.3, 0.4) is 0 Å². The number of halogens is 3. The molecule has 1 aromatic heterocycles. The minimum Gasteiger partial charge on any atom is -0.458 e. The molecule has 0 spiro atoms. The largest absolute Gasteiger partial charge is 0.458 e. The van der Waals surface area contributed by atoms with Gasteiger partial charge in [-0.05, 0) is 23.8 Å². The van der Waals surface area contributed by atoms with Crippen molar-refractivity contribution in [2.45, 2.75) is 25.1 Å². The molecule has 1 saturated heterocycles. The van der Waals surface area contributed by atoms with Gasteiger partial charge in [0.2, 0.25) is 5.91 Å². The Labute approximate surface area is 142 Å². The molecule has 2 aromatic rings. The maximum Gasteiger partial charge on any atom is 0.416 e. The van der Waals surface area contributed by atoms with Crippen LogP contribution in [-0.4, -0.2) is 40.0 Å². The van der Waals surface area contributed by atoms with Crippen LogP contribution in [0, 0.1) is 0 Å². The Kier molecular flexibility index (Phi) is 4.87. The van der Waals surface area contributed by atoms with Gasteiger partial charge >= 0.3 is 12.2 Å². The summed E-state index contributed by atoms with van der Waals surface area (Å²) in [7, 11) is 0. The van der Waals surface area contributed by atoms with Gasteiger partial charge in [0.1, 0.15) is 6.10 Å². The lowest BCUT2D eigenvalue weighted by Crippen LogP contribution is -2.32. The number of nitrogens with zero attached hydrogens (tertiary/aromatic N) is 3. The SMILES string of the molecule is O=C(Cc1ccc(C(F)(F)F)cc1)N1CC[C@H](Oc2ncccn2)C1. The standard InChI is InChI=1S/C17H16F3N3O2/c18-17(19,20)13-4-2-12(3-5-13)10-15(24)23-9-6-14(11-23)25-16-21-7-1-8-22-16/h1-5,7-8,14H,6,9-11H2/t14-/m0/s1. The number of amides is 1. The normalized spacial score (nSPS) is 17.6. The van der Waals surface area contributed by atoms with Crippen LogP contribution in [-0.2, 0) is 17.4 Å². The molecule has 1 fully saturated rings. The third-order valence-electron chi connectivity index (χ3n) is 3.95. The van der Waals surface area contributed by atoms with E-state index in [2.05, 4.69) is 9.97 Å². The van der Waals surface area contributed by atoms with Gasteiger partial charge in [0.25, 0.3) is 0 Å². The molecule has 1 aliphatic heterocycles. The number of carbonyl (C=O) groups is 1.